The lowest BCUT2D eigenvalue weighted by Crippen LogP contribution is -2.41. The van der Waals surface area contributed by atoms with E-state index in [0.29, 0.717) is 28.5 Å². The number of aryl methyl sites for hydroxylation is 2. The van der Waals surface area contributed by atoms with Crippen molar-refractivity contribution in [3.63, 3.8) is 0 Å². The fourth-order valence-electron chi connectivity index (χ4n) is 3.03. The van der Waals surface area contributed by atoms with E-state index < -0.39 is 0 Å². The molecule has 0 spiro atoms. The second kappa shape index (κ2) is 5.11. The quantitative estimate of drug-likeness (QED) is 0.903. The largest absolute Gasteiger partial charge is 0.395 e. The molecule has 1 aromatic heterocycles. The van der Waals surface area contributed by atoms with E-state index in [4.69, 9.17) is 5.73 Å². The molecule has 0 saturated heterocycles. The van der Waals surface area contributed by atoms with Crippen molar-refractivity contribution in [3.05, 3.63) is 11.4 Å². The highest BCUT2D eigenvalue weighted by atomic mass is 16.2. The summed E-state index contributed by atoms with van der Waals surface area (Å²) in [4.78, 5) is 14.5. The first-order chi connectivity index (χ1) is 9.23. The van der Waals surface area contributed by atoms with Crippen molar-refractivity contribution >= 4 is 11.6 Å². The number of rotatable bonds is 2. The molecule has 1 amide bonds. The van der Waals surface area contributed by atoms with Crippen LogP contribution in [0.15, 0.2) is 0 Å². The summed E-state index contributed by atoms with van der Waals surface area (Å²) >= 11 is 0. The van der Waals surface area contributed by atoms with Crippen molar-refractivity contribution in [1.82, 2.24) is 14.7 Å². The first-order valence-corrected chi connectivity index (χ1v) is 7.29. The van der Waals surface area contributed by atoms with Crippen LogP contribution in [0.2, 0.25) is 0 Å². The van der Waals surface area contributed by atoms with Gasteiger partial charge >= 0.3 is 0 Å². The van der Waals surface area contributed by atoms with Crippen LogP contribution in [-0.4, -0.2) is 33.7 Å². The Morgan fingerprint density at radius 3 is 2.40 bits per heavy atom. The Kier molecular flexibility index (Phi) is 3.80. The molecule has 0 atom stereocenters. The van der Waals surface area contributed by atoms with E-state index in [-0.39, 0.29) is 5.91 Å². The molecular formula is C15H26N4O. The summed E-state index contributed by atoms with van der Waals surface area (Å²) in [6, 6.07) is 0.310. The van der Waals surface area contributed by atoms with E-state index in [9.17, 15) is 4.79 Å². The molecule has 5 nitrogen and oxygen atoms in total. The Morgan fingerprint density at radius 2 is 1.95 bits per heavy atom. The van der Waals surface area contributed by atoms with E-state index in [1.54, 1.807) is 11.7 Å². The van der Waals surface area contributed by atoms with E-state index in [1.807, 2.05) is 18.9 Å². The molecule has 2 N–H and O–H groups in total. The predicted molar refractivity (Wildman–Crippen MR) is 80.5 cm³/mol. The smallest absolute Gasteiger partial charge is 0.274 e. The average Bonchev–Trinajstić information content (AvgIpc) is 2.62. The molecule has 1 aromatic rings. The Morgan fingerprint density at radius 1 is 1.40 bits per heavy atom. The topological polar surface area (TPSA) is 64.2 Å². The number of hydrogen-bond acceptors (Lipinski definition) is 3. The number of aromatic nitrogens is 2. The van der Waals surface area contributed by atoms with Gasteiger partial charge in [-0.05, 0) is 38.0 Å². The van der Waals surface area contributed by atoms with Crippen LogP contribution in [0.3, 0.4) is 0 Å². The summed E-state index contributed by atoms with van der Waals surface area (Å²) in [5.74, 6) is -0.0182. The fraction of sp³-hybridized carbons (Fsp3) is 0.733. The number of anilines is 1. The second-order valence-corrected chi connectivity index (χ2v) is 6.78. The van der Waals surface area contributed by atoms with Gasteiger partial charge in [0.05, 0.1) is 11.4 Å². The van der Waals surface area contributed by atoms with Crippen LogP contribution >= 0.6 is 0 Å². The van der Waals surface area contributed by atoms with E-state index >= 15 is 0 Å². The molecule has 5 heteroatoms. The summed E-state index contributed by atoms with van der Waals surface area (Å²) in [5.41, 5.74) is 8.12. The molecule has 1 fully saturated rings. The van der Waals surface area contributed by atoms with Crippen LogP contribution in [-0.2, 0) is 7.05 Å². The number of nitrogen functional groups attached to an aromatic ring is 1. The lowest BCUT2D eigenvalue weighted by Gasteiger charge is -2.38. The first kappa shape index (κ1) is 14.9. The molecule has 0 unspecified atom stereocenters. The number of hydrogen-bond donors (Lipinski definition) is 1. The summed E-state index contributed by atoms with van der Waals surface area (Å²) in [6.45, 7) is 6.43. The zero-order chi connectivity index (χ0) is 15.1. The van der Waals surface area contributed by atoms with Crippen LogP contribution in [0, 0.1) is 12.3 Å². The summed E-state index contributed by atoms with van der Waals surface area (Å²) in [6.07, 6.45) is 4.45. The Balaban J connectivity index is 2.13. The van der Waals surface area contributed by atoms with E-state index in [2.05, 4.69) is 18.9 Å². The molecule has 20 heavy (non-hydrogen) atoms. The van der Waals surface area contributed by atoms with Gasteiger partial charge in [0, 0.05) is 20.1 Å². The van der Waals surface area contributed by atoms with Crippen molar-refractivity contribution in [2.24, 2.45) is 12.5 Å². The molecule has 2 rings (SSSR count). The zero-order valence-corrected chi connectivity index (χ0v) is 13.2. The minimum atomic E-state index is -0.0182. The van der Waals surface area contributed by atoms with Crippen LogP contribution in [0.5, 0.6) is 0 Å². The summed E-state index contributed by atoms with van der Waals surface area (Å²) in [7, 11) is 3.65. The number of carbonyl (C=O) groups excluding carboxylic acids is 1. The number of nitrogens with two attached hydrogens (primary N) is 1. The summed E-state index contributed by atoms with van der Waals surface area (Å²) in [5, 5.41) is 4.23. The third-order valence-electron chi connectivity index (χ3n) is 4.65. The molecule has 1 heterocycles. The van der Waals surface area contributed by atoms with Crippen molar-refractivity contribution in [1.29, 1.82) is 0 Å². The second-order valence-electron chi connectivity index (χ2n) is 6.78. The number of carbonyl (C=O) groups is 1. The Labute approximate surface area is 121 Å². The number of amides is 1. The minimum absolute atomic E-state index is 0.0182. The van der Waals surface area contributed by atoms with Gasteiger partial charge < -0.3 is 10.6 Å². The van der Waals surface area contributed by atoms with E-state index in [1.165, 1.54) is 0 Å². The van der Waals surface area contributed by atoms with Crippen molar-refractivity contribution in [3.8, 4) is 0 Å². The molecule has 1 aliphatic rings. The lowest BCUT2D eigenvalue weighted by molar-refractivity contribution is 0.0625. The van der Waals surface area contributed by atoms with Gasteiger partial charge in [-0.25, -0.2) is 0 Å². The van der Waals surface area contributed by atoms with Gasteiger partial charge in [0.2, 0.25) is 0 Å². The van der Waals surface area contributed by atoms with Crippen LogP contribution in [0.1, 0.15) is 55.7 Å². The normalized spacial score (nSPS) is 19.1. The third-order valence-corrected chi connectivity index (χ3v) is 4.65. The monoisotopic (exact) mass is 278 g/mol. The van der Waals surface area contributed by atoms with Gasteiger partial charge in [-0.1, -0.05) is 13.8 Å². The molecule has 0 radical (unpaired) electrons. The maximum atomic E-state index is 12.6. The van der Waals surface area contributed by atoms with Gasteiger partial charge in [-0.3, -0.25) is 9.48 Å². The molecule has 1 aliphatic carbocycles. The first-order valence-electron chi connectivity index (χ1n) is 7.29. The Bertz CT molecular complexity index is 508. The van der Waals surface area contributed by atoms with Crippen molar-refractivity contribution in [2.45, 2.75) is 52.5 Å². The maximum absolute atomic E-state index is 12.6. The molecule has 0 bridgehead atoms. The molecule has 1 saturated carbocycles. The van der Waals surface area contributed by atoms with Gasteiger partial charge in [0.25, 0.3) is 5.91 Å². The van der Waals surface area contributed by atoms with Gasteiger partial charge in [-0.15, -0.1) is 0 Å². The highest BCUT2D eigenvalue weighted by molar-refractivity contribution is 5.98. The van der Waals surface area contributed by atoms with E-state index in [0.717, 1.165) is 25.7 Å². The summed E-state index contributed by atoms with van der Waals surface area (Å²) < 4.78 is 1.59. The standard InChI is InChI=1S/C15H26N4O/c1-10-12(16)13(19(5)17-10)14(20)18(4)11-6-8-15(2,3)9-7-11/h11H,6-9,16H2,1-5H3. The van der Waals surface area contributed by atoms with Gasteiger partial charge in [-0.2, -0.15) is 5.10 Å². The predicted octanol–water partition coefficient (Wildman–Crippen LogP) is 2.35. The maximum Gasteiger partial charge on any atom is 0.274 e. The van der Waals surface area contributed by atoms with Crippen molar-refractivity contribution in [2.75, 3.05) is 12.8 Å². The minimum Gasteiger partial charge on any atom is -0.395 e. The lowest BCUT2D eigenvalue weighted by atomic mass is 9.75. The number of nitrogens with zero attached hydrogens (tertiary/aromatic N) is 3. The third kappa shape index (κ3) is 2.67. The van der Waals surface area contributed by atoms with Crippen LogP contribution in [0.25, 0.3) is 0 Å². The SMILES string of the molecule is Cc1nn(C)c(C(=O)N(C)C2CCC(C)(C)CC2)c1N. The molecule has 112 valence electrons. The van der Waals surface area contributed by atoms with Gasteiger partial charge in [0.1, 0.15) is 5.69 Å². The van der Waals surface area contributed by atoms with Crippen molar-refractivity contribution < 1.29 is 4.79 Å². The fourth-order valence-corrected chi connectivity index (χ4v) is 3.03. The molecular weight excluding hydrogens is 252 g/mol. The molecule has 0 aromatic carbocycles. The average molecular weight is 278 g/mol. The highest BCUT2D eigenvalue weighted by Crippen LogP contribution is 2.37. The molecule has 0 aliphatic heterocycles. The highest BCUT2D eigenvalue weighted by Gasteiger charge is 2.32. The van der Waals surface area contributed by atoms with Crippen LogP contribution < -0.4 is 5.73 Å². The zero-order valence-electron chi connectivity index (χ0n) is 13.2. The van der Waals surface area contributed by atoms with Crippen LogP contribution in [0.4, 0.5) is 5.69 Å². The van der Waals surface area contributed by atoms with Gasteiger partial charge in [0.15, 0.2) is 0 Å². The Hall–Kier alpha value is -1.52.